The Kier molecular flexibility index (Phi) is 5.64. The Morgan fingerprint density at radius 1 is 1.14 bits per heavy atom. The molecular weight excluding hydrogens is 368 g/mol. The van der Waals surface area contributed by atoms with Gasteiger partial charge in [-0.15, -0.1) is 0 Å². The minimum Gasteiger partial charge on any atom is -0.322 e. The highest BCUT2D eigenvalue weighted by molar-refractivity contribution is 6.05. The van der Waals surface area contributed by atoms with Crippen molar-refractivity contribution in [1.82, 2.24) is 24.8 Å². The summed E-state index contributed by atoms with van der Waals surface area (Å²) in [6, 6.07) is 9.39. The van der Waals surface area contributed by atoms with E-state index in [-0.39, 0.29) is 11.5 Å². The van der Waals surface area contributed by atoms with E-state index in [0.29, 0.717) is 22.3 Å². The molecule has 29 heavy (non-hydrogen) atoms. The van der Waals surface area contributed by atoms with Crippen LogP contribution in [-0.2, 0) is 6.42 Å². The van der Waals surface area contributed by atoms with Crippen LogP contribution in [0.5, 0.6) is 0 Å². The average Bonchev–Trinajstić information content (AvgIpc) is 2.74. The second-order valence-electron chi connectivity index (χ2n) is 7.37. The number of piperazine rings is 1. The molecule has 0 aliphatic carbocycles. The number of aromatic amines is 1. The van der Waals surface area contributed by atoms with E-state index in [9.17, 15) is 9.59 Å². The van der Waals surface area contributed by atoms with Gasteiger partial charge in [0.25, 0.3) is 11.5 Å². The Morgan fingerprint density at radius 2 is 1.90 bits per heavy atom. The van der Waals surface area contributed by atoms with E-state index < -0.39 is 0 Å². The van der Waals surface area contributed by atoms with Crippen LogP contribution >= 0.6 is 0 Å². The van der Waals surface area contributed by atoms with Crippen molar-refractivity contribution in [2.24, 2.45) is 0 Å². The highest BCUT2D eigenvalue weighted by Crippen LogP contribution is 2.14. The molecule has 4 rings (SSSR count). The van der Waals surface area contributed by atoms with Crippen molar-refractivity contribution in [3.63, 3.8) is 0 Å². The number of anilines is 1. The fraction of sp³-hybridized carbons (Fsp3) is 0.333. The van der Waals surface area contributed by atoms with Gasteiger partial charge < -0.3 is 20.1 Å². The topological polar surface area (TPSA) is 94.2 Å². The van der Waals surface area contributed by atoms with Gasteiger partial charge in [0, 0.05) is 44.6 Å². The third kappa shape index (κ3) is 4.67. The lowest BCUT2D eigenvalue weighted by molar-refractivity contribution is 0.102. The summed E-state index contributed by atoms with van der Waals surface area (Å²) in [6.45, 7) is 5.52. The van der Waals surface area contributed by atoms with Crippen LogP contribution in [0.3, 0.4) is 0 Å². The number of benzene rings is 1. The number of H-pyrrole nitrogens is 1. The number of fused-ring (bicyclic) bond motifs is 1. The number of rotatable bonds is 5. The number of likely N-dealkylation sites (N-methyl/N-ethyl adjacent to an activating group) is 1. The molecule has 2 aromatic heterocycles. The lowest BCUT2D eigenvalue weighted by Gasteiger charge is -2.32. The monoisotopic (exact) mass is 392 g/mol. The first-order chi connectivity index (χ1) is 14.1. The minimum atomic E-state index is -0.318. The summed E-state index contributed by atoms with van der Waals surface area (Å²) in [5.41, 5.74) is 2.26. The standard InChI is InChI=1S/C21H24N6O2/c1-26-8-10-27(11-9-26)7-6-15-2-4-17(5-3-15)25-20(28)16-12-18-19(22-13-16)23-14-24-21(18)29/h2-5,12-14H,6-11H2,1H3,(H,25,28)(H,22,23,24,29). The second-order valence-corrected chi connectivity index (χ2v) is 7.37. The van der Waals surface area contributed by atoms with Crippen LogP contribution in [-0.4, -0.2) is 70.4 Å². The maximum Gasteiger partial charge on any atom is 0.260 e. The fourth-order valence-electron chi connectivity index (χ4n) is 3.40. The molecule has 1 fully saturated rings. The van der Waals surface area contributed by atoms with E-state index in [2.05, 4.69) is 37.1 Å². The summed E-state index contributed by atoms with van der Waals surface area (Å²) in [6.07, 6.45) is 3.71. The predicted molar refractivity (Wildman–Crippen MR) is 112 cm³/mol. The molecule has 3 aromatic rings. The molecule has 1 aliphatic rings. The molecule has 0 radical (unpaired) electrons. The number of aromatic nitrogens is 3. The van der Waals surface area contributed by atoms with E-state index >= 15 is 0 Å². The van der Waals surface area contributed by atoms with Gasteiger partial charge in [-0.3, -0.25) is 9.59 Å². The SMILES string of the molecule is CN1CCN(CCc2ccc(NC(=O)c3cnc4nc[nH]c(=O)c4c3)cc2)CC1. The molecule has 1 aliphatic heterocycles. The molecule has 1 saturated heterocycles. The predicted octanol–water partition coefficient (Wildman–Crippen LogP) is 1.36. The van der Waals surface area contributed by atoms with Gasteiger partial charge in [-0.2, -0.15) is 0 Å². The molecule has 8 heteroatoms. The van der Waals surface area contributed by atoms with Crippen LogP contribution in [0.4, 0.5) is 5.69 Å². The highest BCUT2D eigenvalue weighted by Gasteiger charge is 2.13. The van der Waals surface area contributed by atoms with Gasteiger partial charge in [0.2, 0.25) is 0 Å². The van der Waals surface area contributed by atoms with Crippen molar-refractivity contribution in [3.05, 3.63) is 64.3 Å². The van der Waals surface area contributed by atoms with E-state index in [0.717, 1.165) is 39.1 Å². The van der Waals surface area contributed by atoms with Crippen molar-refractivity contribution in [2.45, 2.75) is 6.42 Å². The van der Waals surface area contributed by atoms with Gasteiger partial charge in [-0.05, 0) is 37.2 Å². The summed E-state index contributed by atoms with van der Waals surface area (Å²) >= 11 is 0. The molecule has 2 N–H and O–H groups in total. The normalized spacial score (nSPS) is 15.5. The number of hydrogen-bond donors (Lipinski definition) is 2. The van der Waals surface area contributed by atoms with Crippen molar-refractivity contribution in [3.8, 4) is 0 Å². The third-order valence-electron chi connectivity index (χ3n) is 5.28. The molecular formula is C21H24N6O2. The van der Waals surface area contributed by atoms with Crippen LogP contribution in [0.1, 0.15) is 15.9 Å². The zero-order valence-electron chi connectivity index (χ0n) is 16.4. The summed E-state index contributed by atoms with van der Waals surface area (Å²) in [5.74, 6) is -0.312. The summed E-state index contributed by atoms with van der Waals surface area (Å²) in [5, 5.41) is 3.14. The molecule has 150 valence electrons. The van der Waals surface area contributed by atoms with Crippen LogP contribution in [0.25, 0.3) is 11.0 Å². The molecule has 3 heterocycles. The Bertz CT molecular complexity index is 1050. The van der Waals surface area contributed by atoms with E-state index in [4.69, 9.17) is 0 Å². The Morgan fingerprint density at radius 3 is 2.66 bits per heavy atom. The molecule has 0 spiro atoms. The number of carbonyl (C=O) groups is 1. The van der Waals surface area contributed by atoms with Gasteiger partial charge in [-0.1, -0.05) is 12.1 Å². The Balaban J connectivity index is 1.36. The lowest BCUT2D eigenvalue weighted by Crippen LogP contribution is -2.45. The zero-order chi connectivity index (χ0) is 20.2. The van der Waals surface area contributed by atoms with Gasteiger partial charge in [0.05, 0.1) is 17.3 Å². The maximum absolute atomic E-state index is 12.5. The maximum atomic E-state index is 12.5. The van der Waals surface area contributed by atoms with Crippen LogP contribution in [0.2, 0.25) is 0 Å². The number of nitrogens with zero attached hydrogens (tertiary/aromatic N) is 4. The summed E-state index contributed by atoms with van der Waals surface area (Å²) in [7, 11) is 2.16. The smallest absolute Gasteiger partial charge is 0.260 e. The van der Waals surface area contributed by atoms with E-state index in [1.165, 1.54) is 24.2 Å². The highest BCUT2D eigenvalue weighted by atomic mass is 16.1. The summed E-state index contributed by atoms with van der Waals surface area (Å²) in [4.78, 5) is 39.8. The number of hydrogen-bond acceptors (Lipinski definition) is 6. The van der Waals surface area contributed by atoms with E-state index in [1.807, 2.05) is 24.3 Å². The Labute approximate surface area is 168 Å². The van der Waals surface area contributed by atoms with E-state index in [1.54, 1.807) is 0 Å². The first-order valence-corrected chi connectivity index (χ1v) is 9.73. The molecule has 1 aromatic carbocycles. The summed E-state index contributed by atoms with van der Waals surface area (Å²) < 4.78 is 0. The van der Waals surface area contributed by atoms with Gasteiger partial charge >= 0.3 is 0 Å². The molecule has 0 saturated carbocycles. The fourth-order valence-corrected chi connectivity index (χ4v) is 3.40. The largest absolute Gasteiger partial charge is 0.322 e. The lowest BCUT2D eigenvalue weighted by atomic mass is 10.1. The molecule has 0 atom stereocenters. The van der Waals surface area contributed by atoms with Crippen LogP contribution < -0.4 is 10.9 Å². The molecule has 1 amide bonds. The number of carbonyl (C=O) groups excluding carboxylic acids is 1. The number of amides is 1. The van der Waals surface area contributed by atoms with Gasteiger partial charge in [0.1, 0.15) is 0 Å². The quantitative estimate of drug-likeness (QED) is 0.681. The average molecular weight is 392 g/mol. The van der Waals surface area contributed by atoms with Crippen molar-refractivity contribution < 1.29 is 4.79 Å². The second kappa shape index (κ2) is 8.50. The first kappa shape index (κ1) is 19.2. The van der Waals surface area contributed by atoms with Crippen molar-refractivity contribution in [2.75, 3.05) is 45.1 Å². The number of pyridine rings is 1. The molecule has 0 bridgehead atoms. The minimum absolute atomic E-state index is 0.291. The van der Waals surface area contributed by atoms with Gasteiger partial charge in [0.15, 0.2) is 5.65 Å². The van der Waals surface area contributed by atoms with Crippen LogP contribution in [0.15, 0.2) is 47.7 Å². The number of nitrogens with one attached hydrogen (secondary N) is 2. The van der Waals surface area contributed by atoms with Crippen molar-refractivity contribution >= 4 is 22.6 Å². The van der Waals surface area contributed by atoms with Crippen LogP contribution in [0, 0.1) is 0 Å². The Hall–Kier alpha value is -3.10. The zero-order valence-corrected chi connectivity index (χ0v) is 16.4. The van der Waals surface area contributed by atoms with Crippen molar-refractivity contribution in [1.29, 1.82) is 0 Å². The molecule has 8 nitrogen and oxygen atoms in total. The first-order valence-electron chi connectivity index (χ1n) is 9.73. The molecule has 0 unspecified atom stereocenters. The van der Waals surface area contributed by atoms with Gasteiger partial charge in [-0.25, -0.2) is 9.97 Å². The third-order valence-corrected chi connectivity index (χ3v) is 5.28.